The lowest BCUT2D eigenvalue weighted by molar-refractivity contribution is 0.0740. The summed E-state index contributed by atoms with van der Waals surface area (Å²) in [5.74, 6) is 0.135. The Balaban J connectivity index is 0.00000162. The van der Waals surface area contributed by atoms with Crippen LogP contribution in [0.15, 0.2) is 18.2 Å². The Bertz CT molecular complexity index is 434. The molecule has 0 radical (unpaired) electrons. The number of nitrogens with two attached hydrogens (primary N) is 1. The molecule has 4 heteroatoms. The molecule has 1 amide bonds. The minimum atomic E-state index is 0. The van der Waals surface area contributed by atoms with Gasteiger partial charge in [0.05, 0.1) is 0 Å². The van der Waals surface area contributed by atoms with E-state index in [2.05, 4.69) is 6.07 Å². The fraction of sp³-hybridized carbons (Fsp3) is 0.500. The van der Waals surface area contributed by atoms with Crippen molar-refractivity contribution in [3.8, 4) is 0 Å². The van der Waals surface area contributed by atoms with Gasteiger partial charge < -0.3 is 10.6 Å². The van der Waals surface area contributed by atoms with Gasteiger partial charge in [-0.05, 0) is 38.3 Å². The van der Waals surface area contributed by atoms with Crippen LogP contribution in [0.3, 0.4) is 0 Å². The van der Waals surface area contributed by atoms with Gasteiger partial charge in [0.1, 0.15) is 0 Å². The van der Waals surface area contributed by atoms with E-state index >= 15 is 0 Å². The third-order valence-electron chi connectivity index (χ3n) is 3.52. The molecule has 2 N–H and O–H groups in total. The van der Waals surface area contributed by atoms with E-state index in [1.807, 2.05) is 30.9 Å². The lowest BCUT2D eigenvalue weighted by Crippen LogP contribution is -2.40. The van der Waals surface area contributed by atoms with Crippen molar-refractivity contribution in [2.45, 2.75) is 32.7 Å². The van der Waals surface area contributed by atoms with E-state index in [-0.39, 0.29) is 24.4 Å². The molecule has 18 heavy (non-hydrogen) atoms. The number of likely N-dealkylation sites (tertiary alicyclic amines) is 1. The molecule has 1 fully saturated rings. The number of carbonyl (C=O) groups excluding carboxylic acids is 1. The molecule has 2 rings (SSSR count). The summed E-state index contributed by atoms with van der Waals surface area (Å²) >= 11 is 0. The Labute approximate surface area is 115 Å². The first-order valence-corrected chi connectivity index (χ1v) is 6.21. The first-order valence-electron chi connectivity index (χ1n) is 6.21. The first-order chi connectivity index (χ1) is 8.13. The third-order valence-corrected chi connectivity index (χ3v) is 3.52. The molecule has 0 aromatic heterocycles. The summed E-state index contributed by atoms with van der Waals surface area (Å²) in [5.41, 5.74) is 8.77. The minimum Gasteiger partial charge on any atom is -0.334 e. The van der Waals surface area contributed by atoms with Gasteiger partial charge >= 0.3 is 0 Å². The summed E-state index contributed by atoms with van der Waals surface area (Å²) in [4.78, 5) is 14.3. The molecule has 0 aliphatic carbocycles. The molecule has 1 unspecified atom stereocenters. The van der Waals surface area contributed by atoms with Crippen molar-refractivity contribution in [1.29, 1.82) is 0 Å². The Morgan fingerprint density at radius 2 is 2.17 bits per heavy atom. The summed E-state index contributed by atoms with van der Waals surface area (Å²) in [7, 11) is 0. The Morgan fingerprint density at radius 3 is 2.78 bits per heavy atom. The molecule has 0 bridgehead atoms. The number of aryl methyl sites for hydroxylation is 2. The van der Waals surface area contributed by atoms with Gasteiger partial charge in [0.2, 0.25) is 0 Å². The van der Waals surface area contributed by atoms with Crippen LogP contribution in [0, 0.1) is 13.8 Å². The van der Waals surface area contributed by atoms with Crippen LogP contribution in [-0.4, -0.2) is 29.9 Å². The number of benzene rings is 1. The van der Waals surface area contributed by atoms with Crippen LogP contribution in [-0.2, 0) is 0 Å². The van der Waals surface area contributed by atoms with E-state index in [1.54, 1.807) is 0 Å². The maximum absolute atomic E-state index is 12.4. The molecule has 1 atom stereocenters. The van der Waals surface area contributed by atoms with E-state index in [0.717, 1.165) is 30.5 Å². The maximum Gasteiger partial charge on any atom is 0.254 e. The van der Waals surface area contributed by atoms with E-state index in [4.69, 9.17) is 5.73 Å². The smallest absolute Gasteiger partial charge is 0.254 e. The minimum absolute atomic E-state index is 0. The number of hydrogen-bond donors (Lipinski definition) is 1. The van der Waals surface area contributed by atoms with Crippen LogP contribution in [0.25, 0.3) is 0 Å². The first kappa shape index (κ1) is 15.0. The zero-order valence-electron chi connectivity index (χ0n) is 11.0. The molecule has 1 aliphatic rings. The quantitative estimate of drug-likeness (QED) is 0.895. The van der Waals surface area contributed by atoms with Gasteiger partial charge in [0.15, 0.2) is 0 Å². The number of carbonyl (C=O) groups is 1. The molecule has 1 aliphatic heterocycles. The maximum atomic E-state index is 12.4. The number of hydrogen-bond acceptors (Lipinski definition) is 2. The highest BCUT2D eigenvalue weighted by Gasteiger charge is 2.28. The Kier molecular flexibility index (Phi) is 5.17. The SMILES string of the molecule is Cc1ccc(C(=O)N2CCCC2CN)c(C)c1.Cl. The second kappa shape index (κ2) is 6.21. The van der Waals surface area contributed by atoms with E-state index < -0.39 is 0 Å². The van der Waals surface area contributed by atoms with Crippen LogP contribution < -0.4 is 5.73 Å². The zero-order chi connectivity index (χ0) is 12.4. The van der Waals surface area contributed by atoms with Crippen LogP contribution in [0.2, 0.25) is 0 Å². The Hall–Kier alpha value is -1.06. The summed E-state index contributed by atoms with van der Waals surface area (Å²) in [5, 5.41) is 0. The lowest BCUT2D eigenvalue weighted by Gasteiger charge is -2.24. The highest BCUT2D eigenvalue weighted by Crippen LogP contribution is 2.21. The average molecular weight is 269 g/mol. The van der Waals surface area contributed by atoms with E-state index in [9.17, 15) is 4.79 Å². The van der Waals surface area contributed by atoms with Crippen molar-refractivity contribution in [3.05, 3.63) is 34.9 Å². The molecule has 1 heterocycles. The summed E-state index contributed by atoms with van der Waals surface area (Å²) in [6.07, 6.45) is 2.10. The van der Waals surface area contributed by atoms with E-state index in [0.29, 0.717) is 6.54 Å². The van der Waals surface area contributed by atoms with Gasteiger partial charge in [0.25, 0.3) is 5.91 Å². The normalized spacial score (nSPS) is 18.6. The molecule has 1 aromatic rings. The molecule has 3 nitrogen and oxygen atoms in total. The van der Waals surface area contributed by atoms with Gasteiger partial charge in [-0.1, -0.05) is 17.7 Å². The van der Waals surface area contributed by atoms with Crippen molar-refractivity contribution < 1.29 is 4.79 Å². The molecular weight excluding hydrogens is 248 g/mol. The summed E-state index contributed by atoms with van der Waals surface area (Å²) < 4.78 is 0. The zero-order valence-corrected chi connectivity index (χ0v) is 11.8. The fourth-order valence-corrected chi connectivity index (χ4v) is 2.56. The van der Waals surface area contributed by atoms with Crippen LogP contribution in [0.1, 0.15) is 34.3 Å². The molecule has 100 valence electrons. The van der Waals surface area contributed by atoms with E-state index in [1.165, 1.54) is 5.56 Å². The Morgan fingerprint density at radius 1 is 1.44 bits per heavy atom. The predicted octanol–water partition coefficient (Wildman–Crippen LogP) is 2.29. The third kappa shape index (κ3) is 2.85. The van der Waals surface area contributed by atoms with Crippen LogP contribution in [0.5, 0.6) is 0 Å². The van der Waals surface area contributed by atoms with Gasteiger partial charge in [-0.25, -0.2) is 0 Å². The van der Waals surface area contributed by atoms with Crippen molar-refractivity contribution in [2.24, 2.45) is 5.73 Å². The van der Waals surface area contributed by atoms with Crippen molar-refractivity contribution >= 4 is 18.3 Å². The topological polar surface area (TPSA) is 46.3 Å². The number of nitrogens with zero attached hydrogens (tertiary/aromatic N) is 1. The molecule has 0 saturated carbocycles. The molecular formula is C14H21ClN2O. The standard InChI is InChI=1S/C14H20N2O.ClH/c1-10-5-6-13(11(2)8-10)14(17)16-7-3-4-12(16)9-15;/h5-6,8,12H,3-4,7,9,15H2,1-2H3;1H. The fourth-order valence-electron chi connectivity index (χ4n) is 2.56. The van der Waals surface area contributed by atoms with Gasteiger partial charge in [-0.3, -0.25) is 4.79 Å². The molecule has 1 aromatic carbocycles. The number of rotatable bonds is 2. The van der Waals surface area contributed by atoms with Crippen LogP contribution >= 0.6 is 12.4 Å². The van der Waals surface area contributed by atoms with Crippen molar-refractivity contribution in [3.63, 3.8) is 0 Å². The van der Waals surface area contributed by atoms with Gasteiger partial charge in [-0.2, -0.15) is 0 Å². The summed E-state index contributed by atoms with van der Waals surface area (Å²) in [6, 6.07) is 6.20. The number of amides is 1. The molecule has 1 saturated heterocycles. The molecule has 0 spiro atoms. The van der Waals surface area contributed by atoms with Crippen LogP contribution in [0.4, 0.5) is 0 Å². The summed E-state index contributed by atoms with van der Waals surface area (Å²) in [6.45, 7) is 5.44. The second-order valence-electron chi connectivity index (χ2n) is 4.85. The lowest BCUT2D eigenvalue weighted by atomic mass is 10.0. The second-order valence-corrected chi connectivity index (χ2v) is 4.85. The highest BCUT2D eigenvalue weighted by atomic mass is 35.5. The van der Waals surface area contributed by atoms with Gasteiger partial charge in [-0.15, -0.1) is 12.4 Å². The largest absolute Gasteiger partial charge is 0.334 e. The predicted molar refractivity (Wildman–Crippen MR) is 76.3 cm³/mol. The van der Waals surface area contributed by atoms with Crippen molar-refractivity contribution in [1.82, 2.24) is 4.90 Å². The number of halogens is 1. The highest BCUT2D eigenvalue weighted by molar-refractivity contribution is 5.96. The van der Waals surface area contributed by atoms with Gasteiger partial charge in [0, 0.05) is 24.7 Å². The monoisotopic (exact) mass is 268 g/mol. The average Bonchev–Trinajstić information content (AvgIpc) is 2.76. The van der Waals surface area contributed by atoms with Crippen molar-refractivity contribution in [2.75, 3.05) is 13.1 Å².